The van der Waals surface area contributed by atoms with Crippen LogP contribution in [0.1, 0.15) is 38.5 Å². The summed E-state index contributed by atoms with van der Waals surface area (Å²) in [6, 6.07) is 0. The summed E-state index contributed by atoms with van der Waals surface area (Å²) in [5.74, 6) is 2.01. The lowest BCUT2D eigenvalue weighted by molar-refractivity contribution is -0.126. The fraction of sp³-hybridized carbons (Fsp3) is 0.917. The van der Waals surface area contributed by atoms with E-state index >= 15 is 0 Å². The second kappa shape index (κ2) is 4.97. The van der Waals surface area contributed by atoms with Gasteiger partial charge in [-0.3, -0.25) is 4.79 Å². The molecule has 0 aliphatic heterocycles. The normalized spacial score (nSPS) is 31.3. The average molecular weight is 210 g/mol. The van der Waals surface area contributed by atoms with Crippen molar-refractivity contribution in [1.29, 1.82) is 0 Å². The van der Waals surface area contributed by atoms with Gasteiger partial charge in [0.1, 0.15) is 0 Å². The Labute approximate surface area is 91.8 Å². The molecule has 0 spiro atoms. The zero-order chi connectivity index (χ0) is 10.7. The van der Waals surface area contributed by atoms with E-state index in [1.165, 1.54) is 12.8 Å². The average Bonchev–Trinajstić information content (AvgIpc) is 3.10. The second-order valence-electron chi connectivity index (χ2n) is 5.14. The molecule has 0 aromatic rings. The largest absolute Gasteiger partial charge is 0.356 e. The van der Waals surface area contributed by atoms with Crippen LogP contribution in [0.15, 0.2) is 0 Å². The molecule has 15 heavy (non-hydrogen) atoms. The summed E-state index contributed by atoms with van der Waals surface area (Å²) >= 11 is 0. The van der Waals surface area contributed by atoms with E-state index in [9.17, 15) is 4.79 Å². The van der Waals surface area contributed by atoms with Crippen LogP contribution in [0.2, 0.25) is 0 Å². The van der Waals surface area contributed by atoms with Crippen LogP contribution < -0.4 is 11.1 Å². The predicted octanol–water partition coefficient (Wildman–Crippen LogP) is 1.28. The summed E-state index contributed by atoms with van der Waals surface area (Å²) in [5, 5.41) is 3.08. The molecule has 2 aliphatic rings. The third-order valence-corrected chi connectivity index (χ3v) is 3.81. The molecular weight excluding hydrogens is 188 g/mol. The van der Waals surface area contributed by atoms with Crippen molar-refractivity contribution in [3.8, 4) is 0 Å². The lowest BCUT2D eigenvalue weighted by Gasteiger charge is -2.26. The number of nitrogens with one attached hydrogen (secondary N) is 1. The second-order valence-corrected chi connectivity index (χ2v) is 5.14. The van der Waals surface area contributed by atoms with Crippen LogP contribution in [-0.4, -0.2) is 19.0 Å². The molecule has 0 radical (unpaired) electrons. The number of hydrogen-bond donors (Lipinski definition) is 2. The number of carbonyl (C=O) groups excluding carboxylic acids is 1. The molecule has 0 atom stereocenters. The van der Waals surface area contributed by atoms with Gasteiger partial charge < -0.3 is 11.1 Å². The molecule has 2 rings (SSSR count). The Hall–Kier alpha value is -0.570. The van der Waals surface area contributed by atoms with Crippen LogP contribution in [0, 0.1) is 17.8 Å². The highest BCUT2D eigenvalue weighted by molar-refractivity contribution is 5.78. The number of carbonyl (C=O) groups is 1. The van der Waals surface area contributed by atoms with Crippen molar-refractivity contribution >= 4 is 5.91 Å². The van der Waals surface area contributed by atoms with Gasteiger partial charge in [-0.05, 0) is 56.9 Å². The molecule has 3 nitrogen and oxygen atoms in total. The first-order chi connectivity index (χ1) is 7.29. The molecule has 0 saturated heterocycles. The molecule has 1 amide bonds. The van der Waals surface area contributed by atoms with Crippen LogP contribution in [0.5, 0.6) is 0 Å². The minimum Gasteiger partial charge on any atom is -0.356 e. The summed E-state index contributed by atoms with van der Waals surface area (Å²) in [4.78, 5) is 11.8. The summed E-state index contributed by atoms with van der Waals surface area (Å²) in [7, 11) is 0. The molecule has 3 N–H and O–H groups in total. The smallest absolute Gasteiger partial charge is 0.223 e. The van der Waals surface area contributed by atoms with E-state index < -0.39 is 0 Å². The molecule has 3 heteroatoms. The van der Waals surface area contributed by atoms with Gasteiger partial charge in [0.05, 0.1) is 0 Å². The zero-order valence-corrected chi connectivity index (χ0v) is 9.37. The molecule has 2 fully saturated rings. The topological polar surface area (TPSA) is 55.1 Å². The molecule has 0 aromatic carbocycles. The van der Waals surface area contributed by atoms with Gasteiger partial charge in [0.15, 0.2) is 0 Å². The Bertz CT molecular complexity index is 218. The standard InChI is InChI=1S/C12H22N2O/c13-7-9-3-5-11(6-4-9)12(15)14-8-10-1-2-10/h9-11H,1-8,13H2,(H,14,15). The Morgan fingerprint density at radius 2 is 1.67 bits per heavy atom. The van der Waals surface area contributed by atoms with Gasteiger partial charge >= 0.3 is 0 Å². The summed E-state index contributed by atoms with van der Waals surface area (Å²) < 4.78 is 0. The third kappa shape index (κ3) is 3.20. The third-order valence-electron chi connectivity index (χ3n) is 3.81. The molecule has 0 aromatic heterocycles. The van der Waals surface area contributed by atoms with E-state index in [1.54, 1.807) is 0 Å². The Morgan fingerprint density at radius 3 is 2.20 bits per heavy atom. The highest BCUT2D eigenvalue weighted by atomic mass is 16.1. The van der Waals surface area contributed by atoms with Crippen LogP contribution in [0.4, 0.5) is 0 Å². The van der Waals surface area contributed by atoms with Crippen LogP contribution >= 0.6 is 0 Å². The Morgan fingerprint density at radius 1 is 1.07 bits per heavy atom. The lowest BCUT2D eigenvalue weighted by atomic mass is 9.81. The fourth-order valence-corrected chi connectivity index (χ4v) is 2.37. The molecule has 86 valence electrons. The summed E-state index contributed by atoms with van der Waals surface area (Å²) in [6.45, 7) is 1.70. The van der Waals surface area contributed by atoms with Crippen molar-refractivity contribution in [2.45, 2.75) is 38.5 Å². The summed E-state index contributed by atoms with van der Waals surface area (Å²) in [6.07, 6.45) is 6.97. The molecule has 0 unspecified atom stereocenters. The monoisotopic (exact) mass is 210 g/mol. The highest BCUT2D eigenvalue weighted by Gasteiger charge is 2.27. The van der Waals surface area contributed by atoms with Crippen molar-refractivity contribution < 1.29 is 4.79 Å². The molecule has 2 aliphatic carbocycles. The van der Waals surface area contributed by atoms with Gasteiger partial charge in [0.2, 0.25) is 5.91 Å². The maximum Gasteiger partial charge on any atom is 0.223 e. The quantitative estimate of drug-likeness (QED) is 0.734. The van der Waals surface area contributed by atoms with E-state index in [-0.39, 0.29) is 11.8 Å². The maximum atomic E-state index is 11.8. The van der Waals surface area contributed by atoms with E-state index in [4.69, 9.17) is 5.73 Å². The van der Waals surface area contributed by atoms with Crippen molar-refractivity contribution in [3.63, 3.8) is 0 Å². The van der Waals surface area contributed by atoms with Gasteiger partial charge in [0, 0.05) is 12.5 Å². The van der Waals surface area contributed by atoms with Crippen molar-refractivity contribution in [3.05, 3.63) is 0 Å². The maximum absolute atomic E-state index is 11.8. The van der Waals surface area contributed by atoms with Crippen LogP contribution in [-0.2, 0) is 4.79 Å². The Kier molecular flexibility index (Phi) is 3.62. The SMILES string of the molecule is NCC1CCC(C(=O)NCC2CC2)CC1. The minimum absolute atomic E-state index is 0.270. The van der Waals surface area contributed by atoms with Crippen LogP contribution in [0.3, 0.4) is 0 Å². The minimum atomic E-state index is 0.270. The van der Waals surface area contributed by atoms with Crippen molar-refractivity contribution in [1.82, 2.24) is 5.32 Å². The van der Waals surface area contributed by atoms with E-state index in [0.29, 0.717) is 5.92 Å². The van der Waals surface area contributed by atoms with E-state index in [0.717, 1.165) is 44.7 Å². The van der Waals surface area contributed by atoms with Crippen molar-refractivity contribution in [2.24, 2.45) is 23.5 Å². The van der Waals surface area contributed by atoms with E-state index in [1.807, 2.05) is 0 Å². The zero-order valence-electron chi connectivity index (χ0n) is 9.37. The molecule has 0 heterocycles. The van der Waals surface area contributed by atoms with Gasteiger partial charge in [-0.15, -0.1) is 0 Å². The van der Waals surface area contributed by atoms with Crippen molar-refractivity contribution in [2.75, 3.05) is 13.1 Å². The Balaban J connectivity index is 1.66. The van der Waals surface area contributed by atoms with Crippen LogP contribution in [0.25, 0.3) is 0 Å². The van der Waals surface area contributed by atoms with Gasteiger partial charge in [-0.2, -0.15) is 0 Å². The molecule has 0 bridgehead atoms. The number of rotatable bonds is 4. The van der Waals surface area contributed by atoms with Gasteiger partial charge in [0.25, 0.3) is 0 Å². The highest BCUT2D eigenvalue weighted by Crippen LogP contribution is 2.30. The fourth-order valence-electron chi connectivity index (χ4n) is 2.37. The number of amides is 1. The first-order valence-corrected chi connectivity index (χ1v) is 6.27. The first-order valence-electron chi connectivity index (χ1n) is 6.27. The summed E-state index contributed by atoms with van der Waals surface area (Å²) in [5.41, 5.74) is 5.63. The molecular formula is C12H22N2O. The molecule has 2 saturated carbocycles. The predicted molar refractivity (Wildman–Crippen MR) is 60.2 cm³/mol. The lowest BCUT2D eigenvalue weighted by Crippen LogP contribution is -2.35. The number of nitrogens with two attached hydrogens (primary N) is 1. The van der Waals surface area contributed by atoms with Gasteiger partial charge in [-0.1, -0.05) is 0 Å². The van der Waals surface area contributed by atoms with E-state index in [2.05, 4.69) is 5.32 Å². The first kappa shape index (κ1) is 10.9. The number of hydrogen-bond acceptors (Lipinski definition) is 2. The van der Waals surface area contributed by atoms with Gasteiger partial charge in [-0.25, -0.2) is 0 Å².